The highest BCUT2D eigenvalue weighted by Gasteiger charge is 2.15. The smallest absolute Gasteiger partial charge is 0.129 e. The van der Waals surface area contributed by atoms with Crippen molar-refractivity contribution in [1.29, 1.82) is 0 Å². The molecule has 100 valence electrons. The van der Waals surface area contributed by atoms with Crippen molar-refractivity contribution in [3.8, 4) is 0 Å². The van der Waals surface area contributed by atoms with Crippen LogP contribution in [0.15, 0.2) is 40.9 Å². The van der Waals surface area contributed by atoms with Crippen molar-refractivity contribution in [2.75, 3.05) is 0 Å². The molecule has 0 saturated carbocycles. The fourth-order valence-corrected chi connectivity index (χ4v) is 2.36. The van der Waals surface area contributed by atoms with Crippen LogP contribution >= 0.6 is 15.9 Å². The Morgan fingerprint density at radius 1 is 1.16 bits per heavy atom. The molecule has 1 atom stereocenters. The molecule has 1 unspecified atom stereocenters. The molecule has 2 aromatic rings. The molecule has 0 aliphatic heterocycles. The summed E-state index contributed by atoms with van der Waals surface area (Å²) in [5, 5.41) is 10.1. The Labute approximate surface area is 119 Å². The summed E-state index contributed by atoms with van der Waals surface area (Å²) in [5.74, 6) is -0.764. The third kappa shape index (κ3) is 3.39. The standard InChI is InChI=1S/C15H13BrF2O/c1-9-6-12(17)4-2-10(9)7-15(19)13-8-11(16)3-5-14(13)18/h2-6,8,15,19H,7H2,1H3. The molecule has 19 heavy (non-hydrogen) atoms. The number of rotatable bonds is 3. The monoisotopic (exact) mass is 326 g/mol. The Hall–Kier alpha value is -1.26. The second-order valence-corrected chi connectivity index (χ2v) is 5.37. The Morgan fingerprint density at radius 2 is 1.89 bits per heavy atom. The highest BCUT2D eigenvalue weighted by atomic mass is 79.9. The van der Waals surface area contributed by atoms with Crippen LogP contribution in [0, 0.1) is 18.6 Å². The van der Waals surface area contributed by atoms with E-state index in [1.165, 1.54) is 18.2 Å². The van der Waals surface area contributed by atoms with Crippen LogP contribution in [0.2, 0.25) is 0 Å². The van der Waals surface area contributed by atoms with Crippen LogP contribution in [-0.2, 0) is 6.42 Å². The zero-order valence-corrected chi connectivity index (χ0v) is 11.9. The van der Waals surface area contributed by atoms with Gasteiger partial charge in [0.05, 0.1) is 6.10 Å². The Bertz CT molecular complexity index is 599. The first-order valence-corrected chi connectivity index (χ1v) is 6.64. The molecule has 1 nitrogen and oxygen atoms in total. The number of aliphatic hydroxyl groups excluding tert-OH is 1. The van der Waals surface area contributed by atoms with Gasteiger partial charge in [-0.3, -0.25) is 0 Å². The minimum absolute atomic E-state index is 0.234. The van der Waals surface area contributed by atoms with Crippen LogP contribution in [0.25, 0.3) is 0 Å². The highest BCUT2D eigenvalue weighted by molar-refractivity contribution is 9.10. The molecule has 4 heteroatoms. The van der Waals surface area contributed by atoms with Gasteiger partial charge in [0.15, 0.2) is 0 Å². The lowest BCUT2D eigenvalue weighted by Crippen LogP contribution is -2.05. The van der Waals surface area contributed by atoms with E-state index in [2.05, 4.69) is 15.9 Å². The van der Waals surface area contributed by atoms with Gasteiger partial charge in [-0.2, -0.15) is 0 Å². The fourth-order valence-electron chi connectivity index (χ4n) is 1.98. The number of aliphatic hydroxyl groups is 1. The lowest BCUT2D eigenvalue weighted by atomic mass is 9.98. The van der Waals surface area contributed by atoms with E-state index in [1.54, 1.807) is 25.1 Å². The van der Waals surface area contributed by atoms with Crippen molar-refractivity contribution in [3.63, 3.8) is 0 Å². The van der Waals surface area contributed by atoms with Crippen molar-refractivity contribution in [2.24, 2.45) is 0 Å². The topological polar surface area (TPSA) is 20.2 Å². The average Bonchev–Trinajstić information content (AvgIpc) is 2.35. The molecule has 0 aliphatic carbocycles. The highest BCUT2D eigenvalue weighted by Crippen LogP contribution is 2.25. The van der Waals surface area contributed by atoms with E-state index < -0.39 is 11.9 Å². The molecule has 1 N–H and O–H groups in total. The maximum absolute atomic E-state index is 13.6. The van der Waals surface area contributed by atoms with Crippen molar-refractivity contribution >= 4 is 15.9 Å². The van der Waals surface area contributed by atoms with Gasteiger partial charge < -0.3 is 5.11 Å². The van der Waals surface area contributed by atoms with E-state index in [9.17, 15) is 13.9 Å². The second-order valence-electron chi connectivity index (χ2n) is 4.46. The van der Waals surface area contributed by atoms with Crippen LogP contribution in [0.4, 0.5) is 8.78 Å². The lowest BCUT2D eigenvalue weighted by molar-refractivity contribution is 0.173. The summed E-state index contributed by atoms with van der Waals surface area (Å²) in [4.78, 5) is 0. The minimum atomic E-state index is -0.957. The van der Waals surface area contributed by atoms with Gasteiger partial charge in [-0.15, -0.1) is 0 Å². The molecule has 0 radical (unpaired) electrons. The third-order valence-corrected chi connectivity index (χ3v) is 3.53. The minimum Gasteiger partial charge on any atom is -0.388 e. The SMILES string of the molecule is Cc1cc(F)ccc1CC(O)c1cc(Br)ccc1F. The van der Waals surface area contributed by atoms with Gasteiger partial charge in [0, 0.05) is 16.5 Å². The Kier molecular flexibility index (Phi) is 4.32. The largest absolute Gasteiger partial charge is 0.388 e. The van der Waals surface area contributed by atoms with Crippen molar-refractivity contribution in [3.05, 3.63) is 69.2 Å². The number of hydrogen-bond donors (Lipinski definition) is 1. The maximum atomic E-state index is 13.6. The summed E-state index contributed by atoms with van der Waals surface area (Å²) in [6.07, 6.45) is -0.707. The van der Waals surface area contributed by atoms with Crippen LogP contribution in [0.3, 0.4) is 0 Å². The van der Waals surface area contributed by atoms with Crippen LogP contribution < -0.4 is 0 Å². The number of aryl methyl sites for hydroxylation is 1. The molecule has 0 bridgehead atoms. The summed E-state index contributed by atoms with van der Waals surface area (Å²) in [7, 11) is 0. The van der Waals surface area contributed by atoms with E-state index in [4.69, 9.17) is 0 Å². The summed E-state index contributed by atoms with van der Waals surface area (Å²) < 4.78 is 27.4. The van der Waals surface area contributed by atoms with Gasteiger partial charge in [0.25, 0.3) is 0 Å². The second kappa shape index (κ2) is 5.80. The average molecular weight is 327 g/mol. The number of hydrogen-bond acceptors (Lipinski definition) is 1. The number of halogens is 3. The number of benzene rings is 2. The van der Waals surface area contributed by atoms with Gasteiger partial charge in [0.1, 0.15) is 11.6 Å². The Morgan fingerprint density at radius 3 is 2.58 bits per heavy atom. The summed E-state index contributed by atoms with van der Waals surface area (Å²) in [6.45, 7) is 1.77. The molecule has 0 aliphatic rings. The van der Waals surface area contributed by atoms with Crippen molar-refractivity contribution in [2.45, 2.75) is 19.4 Å². The normalized spacial score (nSPS) is 12.5. The fraction of sp³-hybridized carbons (Fsp3) is 0.200. The van der Waals surface area contributed by atoms with Crippen LogP contribution in [-0.4, -0.2) is 5.11 Å². The molecule has 2 rings (SSSR count). The molecule has 0 aromatic heterocycles. The Balaban J connectivity index is 2.25. The summed E-state index contributed by atoms with van der Waals surface area (Å²) >= 11 is 3.25. The molecule has 2 aromatic carbocycles. The first-order valence-electron chi connectivity index (χ1n) is 5.85. The molecule has 0 amide bonds. The van der Waals surface area contributed by atoms with E-state index in [0.29, 0.717) is 4.47 Å². The predicted octanol–water partition coefficient (Wildman–Crippen LogP) is 4.31. The molecular weight excluding hydrogens is 314 g/mol. The van der Waals surface area contributed by atoms with E-state index >= 15 is 0 Å². The first-order chi connectivity index (χ1) is 8.97. The van der Waals surface area contributed by atoms with Crippen molar-refractivity contribution < 1.29 is 13.9 Å². The van der Waals surface area contributed by atoms with Crippen LogP contribution in [0.1, 0.15) is 22.8 Å². The predicted molar refractivity (Wildman–Crippen MR) is 73.9 cm³/mol. The van der Waals surface area contributed by atoms with Crippen LogP contribution in [0.5, 0.6) is 0 Å². The van der Waals surface area contributed by atoms with Gasteiger partial charge in [-0.25, -0.2) is 8.78 Å². The zero-order valence-electron chi connectivity index (χ0n) is 10.3. The zero-order chi connectivity index (χ0) is 14.0. The first kappa shape index (κ1) is 14.2. The summed E-state index contributed by atoms with van der Waals surface area (Å²) in [6, 6.07) is 8.79. The molecule has 0 fully saturated rings. The van der Waals surface area contributed by atoms with Gasteiger partial charge in [-0.05, 0) is 48.4 Å². The lowest BCUT2D eigenvalue weighted by Gasteiger charge is -2.14. The summed E-state index contributed by atoms with van der Waals surface area (Å²) in [5.41, 5.74) is 1.78. The van der Waals surface area contributed by atoms with E-state index in [-0.39, 0.29) is 17.8 Å². The molecule has 0 spiro atoms. The maximum Gasteiger partial charge on any atom is 0.129 e. The van der Waals surface area contributed by atoms with E-state index in [0.717, 1.165) is 11.1 Å². The van der Waals surface area contributed by atoms with Gasteiger partial charge in [0.2, 0.25) is 0 Å². The van der Waals surface area contributed by atoms with Gasteiger partial charge in [-0.1, -0.05) is 22.0 Å². The quantitative estimate of drug-likeness (QED) is 0.891. The van der Waals surface area contributed by atoms with Crippen molar-refractivity contribution in [1.82, 2.24) is 0 Å². The molecule has 0 saturated heterocycles. The molecular formula is C15H13BrF2O. The van der Waals surface area contributed by atoms with Gasteiger partial charge >= 0.3 is 0 Å². The molecule has 0 heterocycles. The van der Waals surface area contributed by atoms with E-state index in [1.807, 2.05) is 0 Å². The third-order valence-electron chi connectivity index (χ3n) is 3.03.